The van der Waals surface area contributed by atoms with Crippen molar-refractivity contribution in [2.24, 2.45) is 7.05 Å². The van der Waals surface area contributed by atoms with Gasteiger partial charge in [-0.2, -0.15) is 10.2 Å². The van der Waals surface area contributed by atoms with E-state index in [1.807, 2.05) is 65.9 Å². The van der Waals surface area contributed by atoms with Crippen molar-refractivity contribution < 1.29 is 8.78 Å². The van der Waals surface area contributed by atoms with Crippen LogP contribution in [-0.4, -0.2) is 59.5 Å². The molecular weight excluding hydrogens is 472 g/mol. The van der Waals surface area contributed by atoms with Gasteiger partial charge in [-0.3, -0.25) is 14.3 Å². The van der Waals surface area contributed by atoms with Crippen LogP contribution in [0.15, 0.2) is 61.4 Å². The van der Waals surface area contributed by atoms with Gasteiger partial charge in [0, 0.05) is 66.6 Å². The Balaban J connectivity index is 1.15. The fourth-order valence-corrected chi connectivity index (χ4v) is 5.74. The molecule has 4 aromatic rings. The Hall–Kier alpha value is -3.46. The predicted octanol–water partition coefficient (Wildman–Crippen LogP) is 5.62. The van der Waals surface area contributed by atoms with Gasteiger partial charge in [0.25, 0.3) is 5.92 Å². The number of hydrogen-bond donors (Lipinski definition) is 0. The number of halogens is 2. The van der Waals surface area contributed by atoms with E-state index in [0.29, 0.717) is 12.2 Å². The summed E-state index contributed by atoms with van der Waals surface area (Å²) < 4.78 is 31.8. The summed E-state index contributed by atoms with van der Waals surface area (Å²) in [7, 11) is 1.90. The summed E-state index contributed by atoms with van der Waals surface area (Å²) >= 11 is 0. The minimum absolute atomic E-state index is 0.0129. The van der Waals surface area contributed by atoms with Crippen LogP contribution in [0.2, 0.25) is 0 Å². The first-order valence-corrected chi connectivity index (χ1v) is 13.0. The zero-order valence-electron chi connectivity index (χ0n) is 21.0. The summed E-state index contributed by atoms with van der Waals surface area (Å²) in [5.41, 5.74) is 4.93. The van der Waals surface area contributed by atoms with Crippen molar-refractivity contribution in [2.45, 2.75) is 56.5 Å². The van der Waals surface area contributed by atoms with Gasteiger partial charge in [-0.15, -0.1) is 0 Å². The molecule has 2 atom stereocenters. The fourth-order valence-electron chi connectivity index (χ4n) is 5.74. The summed E-state index contributed by atoms with van der Waals surface area (Å²) in [5, 5.41) is 8.89. The lowest BCUT2D eigenvalue weighted by Crippen LogP contribution is -2.49. The Morgan fingerprint density at radius 3 is 2.38 bits per heavy atom. The van der Waals surface area contributed by atoms with Crippen molar-refractivity contribution >= 4 is 0 Å². The fraction of sp³-hybridized carbons (Fsp3) is 0.429. The van der Waals surface area contributed by atoms with Crippen molar-refractivity contribution in [3.63, 3.8) is 0 Å². The van der Waals surface area contributed by atoms with Gasteiger partial charge in [0.1, 0.15) is 0 Å². The summed E-state index contributed by atoms with van der Waals surface area (Å²) in [4.78, 5) is 11.3. The lowest BCUT2D eigenvalue weighted by atomic mass is 9.88. The van der Waals surface area contributed by atoms with Crippen LogP contribution in [0.5, 0.6) is 0 Å². The Labute approximate surface area is 215 Å². The maximum Gasteiger partial charge on any atom is 0.260 e. The number of alkyl halides is 2. The number of benzene rings is 1. The second-order valence-electron chi connectivity index (χ2n) is 10.4. The van der Waals surface area contributed by atoms with E-state index in [-0.39, 0.29) is 25.0 Å². The van der Waals surface area contributed by atoms with Crippen molar-refractivity contribution in [1.82, 2.24) is 34.4 Å². The van der Waals surface area contributed by atoms with E-state index >= 15 is 0 Å². The molecule has 9 heteroatoms. The van der Waals surface area contributed by atoms with E-state index in [4.69, 9.17) is 0 Å². The van der Waals surface area contributed by atoms with Crippen molar-refractivity contribution in [1.29, 1.82) is 0 Å². The molecule has 1 aliphatic heterocycles. The number of nitrogens with zero attached hydrogens (tertiary/aromatic N) is 7. The molecule has 2 aliphatic rings. The van der Waals surface area contributed by atoms with Crippen LogP contribution in [0.3, 0.4) is 0 Å². The smallest absolute Gasteiger partial charge is 0.260 e. The van der Waals surface area contributed by atoms with Crippen LogP contribution in [0.25, 0.3) is 33.6 Å². The average molecular weight is 504 g/mol. The van der Waals surface area contributed by atoms with Crippen LogP contribution in [-0.2, 0) is 7.05 Å². The molecule has 2 fully saturated rings. The molecule has 192 valence electrons. The maximum absolute atomic E-state index is 14.0. The highest BCUT2D eigenvalue weighted by Gasteiger charge is 2.39. The molecule has 0 radical (unpaired) electrons. The van der Waals surface area contributed by atoms with Crippen molar-refractivity contribution in [3.05, 3.63) is 61.4 Å². The number of piperidine rings is 1. The maximum atomic E-state index is 14.0. The molecule has 4 heterocycles. The summed E-state index contributed by atoms with van der Waals surface area (Å²) in [6.07, 6.45) is 15.9. The van der Waals surface area contributed by atoms with Crippen LogP contribution in [0.1, 0.15) is 44.6 Å². The SMILES string of the molecule is Cn1cc(-c2cccc(-c3ncc(-c4cnn([C@H]5CCC[C@@H](N6CCCC(F)(F)C6)C5)c4)cn3)c2)cn1. The predicted molar refractivity (Wildman–Crippen MR) is 138 cm³/mol. The zero-order chi connectivity index (χ0) is 25.4. The van der Waals surface area contributed by atoms with E-state index in [2.05, 4.69) is 32.3 Å². The molecule has 6 rings (SSSR count). The van der Waals surface area contributed by atoms with Crippen LogP contribution < -0.4 is 0 Å². The Morgan fingerprint density at radius 2 is 1.59 bits per heavy atom. The molecular formula is C28H31F2N7. The van der Waals surface area contributed by atoms with Gasteiger partial charge in [0.15, 0.2) is 5.82 Å². The van der Waals surface area contributed by atoms with Crippen molar-refractivity contribution in [2.75, 3.05) is 13.1 Å². The molecule has 1 saturated heterocycles. The van der Waals surface area contributed by atoms with Crippen LogP contribution >= 0.6 is 0 Å². The van der Waals surface area contributed by atoms with Gasteiger partial charge < -0.3 is 0 Å². The normalized spacial score (nSPS) is 22.2. The van der Waals surface area contributed by atoms with Gasteiger partial charge in [-0.05, 0) is 50.3 Å². The third-order valence-corrected chi connectivity index (χ3v) is 7.68. The highest BCUT2D eigenvalue weighted by Crippen LogP contribution is 2.36. The third-order valence-electron chi connectivity index (χ3n) is 7.68. The van der Waals surface area contributed by atoms with Gasteiger partial charge in [0.2, 0.25) is 0 Å². The molecule has 0 amide bonds. The van der Waals surface area contributed by atoms with E-state index in [0.717, 1.165) is 60.0 Å². The second-order valence-corrected chi connectivity index (χ2v) is 10.4. The highest BCUT2D eigenvalue weighted by atomic mass is 19.3. The molecule has 1 aliphatic carbocycles. The second kappa shape index (κ2) is 9.78. The third kappa shape index (κ3) is 5.18. The Morgan fingerprint density at radius 1 is 0.838 bits per heavy atom. The van der Waals surface area contributed by atoms with Crippen molar-refractivity contribution in [3.8, 4) is 33.6 Å². The molecule has 0 bridgehead atoms. The first-order valence-electron chi connectivity index (χ1n) is 13.0. The van der Waals surface area contributed by atoms with E-state index < -0.39 is 5.92 Å². The van der Waals surface area contributed by atoms with E-state index in [1.54, 1.807) is 4.68 Å². The topological polar surface area (TPSA) is 64.7 Å². The van der Waals surface area contributed by atoms with E-state index in [9.17, 15) is 8.78 Å². The molecule has 37 heavy (non-hydrogen) atoms. The first-order chi connectivity index (χ1) is 17.9. The number of aryl methyl sites for hydroxylation is 1. The Kier molecular flexibility index (Phi) is 6.32. The van der Waals surface area contributed by atoms with Crippen LogP contribution in [0.4, 0.5) is 8.78 Å². The summed E-state index contributed by atoms with van der Waals surface area (Å²) in [6.45, 7) is 0.662. The molecule has 0 N–H and O–H groups in total. The molecule has 1 aromatic carbocycles. The van der Waals surface area contributed by atoms with Gasteiger partial charge in [0.05, 0.1) is 25.0 Å². The monoisotopic (exact) mass is 503 g/mol. The minimum atomic E-state index is -2.56. The Bertz CT molecular complexity index is 1360. The number of hydrogen-bond acceptors (Lipinski definition) is 5. The van der Waals surface area contributed by atoms with Crippen LogP contribution in [0, 0.1) is 0 Å². The first kappa shape index (κ1) is 23.9. The van der Waals surface area contributed by atoms with Gasteiger partial charge in [-0.1, -0.05) is 18.2 Å². The summed E-state index contributed by atoms with van der Waals surface area (Å²) in [6, 6.07) is 8.55. The molecule has 0 spiro atoms. The minimum Gasteiger partial charge on any atom is -0.294 e. The number of likely N-dealkylation sites (tertiary alicyclic amines) is 1. The largest absolute Gasteiger partial charge is 0.294 e. The van der Waals surface area contributed by atoms with Gasteiger partial charge in [-0.25, -0.2) is 18.7 Å². The standard InChI is InChI=1S/C28H31F2N7/c1-35-17-23(15-33-35)20-5-2-6-21(11-20)27-31-13-22(14-32-27)24-16-34-37(18-24)26-8-3-7-25(12-26)36-10-4-9-28(29,30)19-36/h2,5-6,11,13-18,25-26H,3-4,7-10,12,19H2,1H3/t25-,26+/m1/s1. The number of rotatable bonds is 5. The molecule has 0 unspecified atom stereocenters. The average Bonchev–Trinajstić information content (AvgIpc) is 3.58. The zero-order valence-corrected chi connectivity index (χ0v) is 21.0. The molecule has 3 aromatic heterocycles. The lowest BCUT2D eigenvalue weighted by Gasteiger charge is -2.41. The van der Waals surface area contributed by atoms with E-state index in [1.165, 1.54) is 0 Å². The van der Waals surface area contributed by atoms with Gasteiger partial charge >= 0.3 is 0 Å². The number of aromatic nitrogens is 6. The molecule has 7 nitrogen and oxygen atoms in total. The lowest BCUT2D eigenvalue weighted by molar-refractivity contribution is -0.0803. The molecule has 1 saturated carbocycles. The quantitative estimate of drug-likeness (QED) is 0.354. The highest BCUT2D eigenvalue weighted by molar-refractivity contribution is 5.70. The summed E-state index contributed by atoms with van der Waals surface area (Å²) in [5.74, 6) is -1.90.